The van der Waals surface area contributed by atoms with Gasteiger partial charge >= 0.3 is 0 Å². The van der Waals surface area contributed by atoms with Gasteiger partial charge in [-0.25, -0.2) is 9.37 Å². The summed E-state index contributed by atoms with van der Waals surface area (Å²) in [6.07, 6.45) is -0.0598. The van der Waals surface area contributed by atoms with Crippen molar-refractivity contribution < 1.29 is 14.0 Å². The van der Waals surface area contributed by atoms with Crippen LogP contribution in [0.5, 0.6) is 0 Å². The Labute approximate surface area is 136 Å². The van der Waals surface area contributed by atoms with Crippen molar-refractivity contribution in [2.45, 2.75) is 12.5 Å². The van der Waals surface area contributed by atoms with E-state index in [9.17, 15) is 14.0 Å². The van der Waals surface area contributed by atoms with Gasteiger partial charge in [-0.1, -0.05) is 18.2 Å². The van der Waals surface area contributed by atoms with Crippen LogP contribution in [0.3, 0.4) is 0 Å². The summed E-state index contributed by atoms with van der Waals surface area (Å²) in [4.78, 5) is 28.8. The van der Waals surface area contributed by atoms with Crippen molar-refractivity contribution in [3.05, 3.63) is 54.3 Å². The molecule has 2 amide bonds. The van der Waals surface area contributed by atoms with Gasteiger partial charge in [-0.3, -0.25) is 19.5 Å². The molecule has 2 heterocycles. The first-order chi connectivity index (χ1) is 11.6. The number of nitrogens with one attached hydrogen (secondary N) is 2. The molecule has 1 atom stereocenters. The fourth-order valence-corrected chi connectivity index (χ4v) is 2.90. The van der Waals surface area contributed by atoms with Crippen LogP contribution in [0.4, 0.5) is 16.0 Å². The number of nitrogens with zero attached hydrogens (tertiary/aromatic N) is 2. The maximum atomic E-state index is 13.2. The molecule has 7 heteroatoms. The van der Waals surface area contributed by atoms with E-state index >= 15 is 0 Å². The van der Waals surface area contributed by atoms with Crippen molar-refractivity contribution in [3.63, 3.8) is 0 Å². The Morgan fingerprint density at radius 3 is 2.92 bits per heavy atom. The fraction of sp³-hybridized carbons (Fsp3) is 0.118. The summed E-state index contributed by atoms with van der Waals surface area (Å²) in [5.41, 5.74) is 1.89. The third-order valence-electron chi connectivity index (χ3n) is 3.93. The number of benzene rings is 2. The quantitative estimate of drug-likeness (QED) is 0.778. The molecule has 0 aliphatic carbocycles. The van der Waals surface area contributed by atoms with Gasteiger partial charge < -0.3 is 5.32 Å². The zero-order valence-electron chi connectivity index (χ0n) is 12.5. The van der Waals surface area contributed by atoms with Gasteiger partial charge in [0.15, 0.2) is 0 Å². The Morgan fingerprint density at radius 2 is 2.08 bits per heavy atom. The molecular formula is C17H13FN4O2. The molecule has 1 unspecified atom stereocenters. The topological polar surface area (TPSA) is 76.0 Å². The van der Waals surface area contributed by atoms with Gasteiger partial charge in [-0.05, 0) is 30.3 Å². The summed E-state index contributed by atoms with van der Waals surface area (Å²) in [7, 11) is 0. The van der Waals surface area contributed by atoms with Crippen molar-refractivity contribution in [3.8, 4) is 0 Å². The second kappa shape index (κ2) is 5.45. The zero-order valence-corrected chi connectivity index (χ0v) is 12.5. The Hall–Kier alpha value is -3.22. The van der Waals surface area contributed by atoms with Gasteiger partial charge in [0.1, 0.15) is 11.9 Å². The lowest BCUT2D eigenvalue weighted by Gasteiger charge is -2.12. The van der Waals surface area contributed by atoms with E-state index in [-0.39, 0.29) is 18.2 Å². The van der Waals surface area contributed by atoms with Crippen LogP contribution >= 0.6 is 0 Å². The maximum absolute atomic E-state index is 13.2. The highest BCUT2D eigenvalue weighted by molar-refractivity contribution is 6.03. The molecule has 2 aromatic carbocycles. The highest BCUT2D eigenvalue weighted by Gasteiger charge is 2.34. The van der Waals surface area contributed by atoms with Crippen LogP contribution in [0, 0.1) is 5.82 Å². The van der Waals surface area contributed by atoms with Gasteiger partial charge in [-0.2, -0.15) is 0 Å². The first-order valence-electron chi connectivity index (χ1n) is 7.45. The third-order valence-corrected chi connectivity index (χ3v) is 3.93. The smallest absolute Gasteiger partial charge is 0.250 e. The fourth-order valence-electron chi connectivity index (χ4n) is 2.90. The molecule has 0 radical (unpaired) electrons. The summed E-state index contributed by atoms with van der Waals surface area (Å²) >= 11 is 0. The molecule has 1 aliphatic heterocycles. The number of hydrogen-bond acceptors (Lipinski definition) is 3. The predicted octanol–water partition coefficient (Wildman–Crippen LogP) is 2.70. The molecule has 0 fully saturated rings. The van der Waals surface area contributed by atoms with E-state index in [0.717, 1.165) is 11.0 Å². The van der Waals surface area contributed by atoms with Gasteiger partial charge in [-0.15, -0.1) is 0 Å². The normalized spacial score (nSPS) is 16.0. The van der Waals surface area contributed by atoms with Crippen LogP contribution in [-0.4, -0.2) is 21.4 Å². The van der Waals surface area contributed by atoms with Crippen LogP contribution in [0.1, 0.15) is 12.5 Å². The summed E-state index contributed by atoms with van der Waals surface area (Å²) in [5.74, 6) is -0.650. The van der Waals surface area contributed by atoms with Gasteiger partial charge in [0, 0.05) is 5.69 Å². The highest BCUT2D eigenvalue weighted by atomic mass is 19.1. The molecule has 0 saturated heterocycles. The monoisotopic (exact) mass is 324 g/mol. The van der Waals surface area contributed by atoms with Gasteiger partial charge in [0.05, 0.1) is 17.5 Å². The van der Waals surface area contributed by atoms with E-state index in [2.05, 4.69) is 15.6 Å². The van der Waals surface area contributed by atoms with Crippen molar-refractivity contribution in [1.82, 2.24) is 9.55 Å². The molecule has 0 spiro atoms. The number of imidazole rings is 1. The van der Waals surface area contributed by atoms with Crippen LogP contribution in [-0.2, 0) is 9.59 Å². The SMILES string of the molecule is O=C(CC1C(=O)Nc2nc3ccccc3n21)Nc1cccc(F)c1. The molecule has 0 saturated carbocycles. The third kappa shape index (κ3) is 2.40. The standard InChI is InChI=1S/C17H13FN4O2/c18-10-4-3-5-11(8-10)19-15(23)9-14-16(24)21-17-20-12-6-1-2-7-13(12)22(14)17/h1-8,14H,9H2,(H,19,23)(H,20,21,24). The number of hydrogen-bond donors (Lipinski definition) is 2. The van der Waals surface area contributed by atoms with E-state index in [1.807, 2.05) is 24.3 Å². The Bertz CT molecular complexity index is 966. The molecule has 0 bridgehead atoms. The molecule has 120 valence electrons. The van der Waals surface area contributed by atoms with Crippen LogP contribution < -0.4 is 10.6 Å². The van der Waals surface area contributed by atoms with Crippen molar-refractivity contribution >= 4 is 34.5 Å². The Kier molecular flexibility index (Phi) is 3.26. The minimum atomic E-state index is -0.680. The summed E-state index contributed by atoms with van der Waals surface area (Å²) in [5, 5.41) is 5.30. The molecule has 24 heavy (non-hydrogen) atoms. The summed E-state index contributed by atoms with van der Waals surface area (Å²) in [6, 6.07) is 12.3. The molecule has 6 nitrogen and oxygen atoms in total. The molecule has 1 aromatic heterocycles. The molecule has 1 aliphatic rings. The highest BCUT2D eigenvalue weighted by Crippen LogP contribution is 2.32. The Balaban J connectivity index is 1.59. The van der Waals surface area contributed by atoms with E-state index < -0.39 is 11.9 Å². The first-order valence-corrected chi connectivity index (χ1v) is 7.45. The average molecular weight is 324 g/mol. The number of rotatable bonds is 3. The summed E-state index contributed by atoms with van der Waals surface area (Å²) in [6.45, 7) is 0. The minimum absolute atomic E-state index is 0.0598. The van der Waals surface area contributed by atoms with Crippen LogP contribution in [0.2, 0.25) is 0 Å². The van der Waals surface area contributed by atoms with Gasteiger partial charge in [0.25, 0.3) is 0 Å². The lowest BCUT2D eigenvalue weighted by molar-refractivity contribution is -0.123. The minimum Gasteiger partial charge on any atom is -0.326 e. The first kappa shape index (κ1) is 14.4. The number of para-hydroxylation sites is 2. The molecule has 2 N–H and O–H groups in total. The second-order valence-corrected chi connectivity index (χ2v) is 5.56. The van der Waals surface area contributed by atoms with Crippen molar-refractivity contribution in [2.75, 3.05) is 10.6 Å². The van der Waals surface area contributed by atoms with Crippen LogP contribution in [0.15, 0.2) is 48.5 Å². The second-order valence-electron chi connectivity index (χ2n) is 5.56. The number of carbonyl (C=O) groups is 2. The number of amides is 2. The lowest BCUT2D eigenvalue weighted by Crippen LogP contribution is -2.23. The number of halogens is 1. The van der Waals surface area contributed by atoms with Crippen molar-refractivity contribution in [1.29, 1.82) is 0 Å². The summed E-state index contributed by atoms with van der Waals surface area (Å²) < 4.78 is 14.9. The lowest BCUT2D eigenvalue weighted by atomic mass is 10.1. The van der Waals surface area contributed by atoms with E-state index in [1.165, 1.54) is 18.2 Å². The van der Waals surface area contributed by atoms with Crippen LogP contribution in [0.25, 0.3) is 11.0 Å². The maximum Gasteiger partial charge on any atom is 0.250 e. The van der Waals surface area contributed by atoms with Crippen molar-refractivity contribution in [2.24, 2.45) is 0 Å². The number of carbonyl (C=O) groups excluding carboxylic acids is 2. The van der Waals surface area contributed by atoms with E-state index in [1.54, 1.807) is 10.6 Å². The number of aromatic nitrogens is 2. The Morgan fingerprint density at radius 1 is 1.25 bits per heavy atom. The largest absolute Gasteiger partial charge is 0.326 e. The number of fused-ring (bicyclic) bond motifs is 3. The molecular weight excluding hydrogens is 311 g/mol. The van der Waals surface area contributed by atoms with Gasteiger partial charge in [0.2, 0.25) is 17.8 Å². The van der Waals surface area contributed by atoms with E-state index in [0.29, 0.717) is 11.6 Å². The molecule has 4 rings (SSSR count). The molecule has 3 aromatic rings. The zero-order chi connectivity index (χ0) is 16.7. The van der Waals surface area contributed by atoms with E-state index in [4.69, 9.17) is 0 Å². The average Bonchev–Trinajstić information content (AvgIpc) is 3.03. The predicted molar refractivity (Wildman–Crippen MR) is 87.0 cm³/mol. The number of anilines is 2.